The summed E-state index contributed by atoms with van der Waals surface area (Å²) >= 11 is 7.56. The fourth-order valence-electron chi connectivity index (χ4n) is 4.14. The van der Waals surface area contributed by atoms with Gasteiger partial charge in [-0.1, -0.05) is 23.7 Å². The van der Waals surface area contributed by atoms with Crippen LogP contribution in [-0.2, 0) is 12.8 Å². The van der Waals surface area contributed by atoms with Crippen molar-refractivity contribution in [3.63, 3.8) is 0 Å². The Morgan fingerprint density at radius 3 is 2.60 bits per heavy atom. The van der Waals surface area contributed by atoms with Crippen LogP contribution in [0.3, 0.4) is 0 Å². The Balaban J connectivity index is 1.84. The molecule has 0 atom stereocenters. The van der Waals surface area contributed by atoms with Crippen LogP contribution in [0.25, 0.3) is 16.7 Å². The summed E-state index contributed by atoms with van der Waals surface area (Å²) in [5.41, 5.74) is 5.55. The van der Waals surface area contributed by atoms with Crippen LogP contribution in [0.15, 0.2) is 30.3 Å². The molecule has 0 amide bonds. The Hall–Kier alpha value is -2.81. The summed E-state index contributed by atoms with van der Waals surface area (Å²) in [7, 11) is 0. The SMILES string of the molecule is Cc1cc(/C=C(/C#N)c2ccc(Cl)cc2)c(C)n1-c1sc2c(c1C(=O)O)CCCC2. The zero-order chi connectivity index (χ0) is 21.4. The van der Waals surface area contributed by atoms with E-state index in [-0.39, 0.29) is 0 Å². The number of hydrogen-bond donors (Lipinski definition) is 1. The molecule has 0 aliphatic heterocycles. The third-order valence-electron chi connectivity index (χ3n) is 5.62. The Morgan fingerprint density at radius 1 is 1.23 bits per heavy atom. The minimum atomic E-state index is -0.868. The number of carbonyl (C=O) groups is 1. The molecule has 30 heavy (non-hydrogen) atoms. The summed E-state index contributed by atoms with van der Waals surface area (Å²) in [6.45, 7) is 3.95. The van der Waals surface area contributed by atoms with Crippen LogP contribution in [0.1, 0.15) is 56.2 Å². The number of allylic oxidation sites excluding steroid dienone is 1. The van der Waals surface area contributed by atoms with Gasteiger partial charge >= 0.3 is 5.97 Å². The van der Waals surface area contributed by atoms with Gasteiger partial charge < -0.3 is 9.67 Å². The van der Waals surface area contributed by atoms with E-state index in [1.54, 1.807) is 23.5 Å². The van der Waals surface area contributed by atoms with Gasteiger partial charge in [-0.05, 0) is 80.5 Å². The number of carboxylic acids is 1. The zero-order valence-corrected chi connectivity index (χ0v) is 18.4. The van der Waals surface area contributed by atoms with E-state index in [4.69, 9.17) is 11.6 Å². The second-order valence-corrected chi connectivity index (χ2v) is 9.05. The molecule has 152 valence electrons. The number of nitriles is 1. The molecule has 4 nitrogen and oxygen atoms in total. The molecule has 1 aliphatic rings. The Bertz CT molecular complexity index is 1210. The quantitative estimate of drug-likeness (QED) is 0.478. The second kappa shape index (κ2) is 8.14. The normalized spacial score (nSPS) is 13.7. The number of aromatic nitrogens is 1. The highest BCUT2D eigenvalue weighted by atomic mass is 35.5. The van der Waals surface area contributed by atoms with Crippen LogP contribution in [0.2, 0.25) is 5.02 Å². The standard InChI is InChI=1S/C24H21ClN2O2S/c1-14-11-17(12-18(13-26)16-7-9-19(25)10-8-16)15(2)27(14)23-22(24(28)29)20-5-3-4-6-21(20)30-23/h7-12H,3-6H2,1-2H3,(H,28,29)/b18-12-. The molecule has 0 bridgehead atoms. The number of aryl methyl sites for hydroxylation is 2. The van der Waals surface area contributed by atoms with Gasteiger partial charge in [0.25, 0.3) is 0 Å². The number of fused-ring (bicyclic) bond motifs is 1. The molecule has 2 aromatic heterocycles. The number of carboxylic acid groups (broad SMARTS) is 1. The molecule has 1 aliphatic carbocycles. The predicted octanol–water partition coefficient (Wildman–Crippen LogP) is 6.45. The molecule has 0 spiro atoms. The summed E-state index contributed by atoms with van der Waals surface area (Å²) in [5.74, 6) is -0.868. The van der Waals surface area contributed by atoms with Crippen molar-refractivity contribution in [2.75, 3.05) is 0 Å². The smallest absolute Gasteiger partial charge is 0.339 e. The lowest BCUT2D eigenvalue weighted by Crippen LogP contribution is -2.09. The lowest BCUT2D eigenvalue weighted by molar-refractivity contribution is 0.0696. The number of thiophene rings is 1. The highest BCUT2D eigenvalue weighted by Crippen LogP contribution is 2.39. The largest absolute Gasteiger partial charge is 0.478 e. The van der Waals surface area contributed by atoms with Gasteiger partial charge in [-0.15, -0.1) is 11.3 Å². The number of benzene rings is 1. The predicted molar refractivity (Wildman–Crippen MR) is 122 cm³/mol. The molecule has 6 heteroatoms. The van der Waals surface area contributed by atoms with Crippen LogP contribution in [-0.4, -0.2) is 15.6 Å². The molecule has 0 radical (unpaired) electrons. The highest BCUT2D eigenvalue weighted by molar-refractivity contribution is 7.15. The molecule has 1 aromatic carbocycles. The summed E-state index contributed by atoms with van der Waals surface area (Å²) < 4.78 is 2.02. The molecular formula is C24H21ClN2O2S. The van der Waals surface area contributed by atoms with E-state index in [9.17, 15) is 15.2 Å². The van der Waals surface area contributed by atoms with E-state index in [0.29, 0.717) is 16.2 Å². The summed E-state index contributed by atoms with van der Waals surface area (Å²) in [4.78, 5) is 13.3. The molecule has 2 heterocycles. The van der Waals surface area contributed by atoms with Crippen molar-refractivity contribution in [3.8, 4) is 11.1 Å². The average Bonchev–Trinajstić information content (AvgIpc) is 3.23. The maximum absolute atomic E-state index is 12.1. The van der Waals surface area contributed by atoms with Crippen LogP contribution in [0.5, 0.6) is 0 Å². The van der Waals surface area contributed by atoms with Gasteiger partial charge in [-0.25, -0.2) is 4.79 Å². The number of nitrogens with zero attached hydrogens (tertiary/aromatic N) is 2. The number of aromatic carboxylic acids is 1. The van der Waals surface area contributed by atoms with Gasteiger partial charge in [0.15, 0.2) is 0 Å². The van der Waals surface area contributed by atoms with E-state index in [1.807, 2.05) is 42.7 Å². The van der Waals surface area contributed by atoms with E-state index >= 15 is 0 Å². The monoisotopic (exact) mass is 436 g/mol. The Morgan fingerprint density at radius 2 is 1.93 bits per heavy atom. The molecular weight excluding hydrogens is 416 g/mol. The summed E-state index contributed by atoms with van der Waals surface area (Å²) in [6, 6.07) is 11.5. The van der Waals surface area contributed by atoms with Crippen molar-refractivity contribution in [2.45, 2.75) is 39.5 Å². The van der Waals surface area contributed by atoms with Crippen molar-refractivity contribution in [1.29, 1.82) is 5.26 Å². The van der Waals surface area contributed by atoms with Gasteiger partial charge in [0.1, 0.15) is 5.00 Å². The molecule has 0 fully saturated rings. The van der Waals surface area contributed by atoms with Gasteiger partial charge in [0, 0.05) is 21.3 Å². The topological polar surface area (TPSA) is 66.0 Å². The summed E-state index contributed by atoms with van der Waals surface area (Å²) in [5, 5.41) is 21.0. The average molecular weight is 437 g/mol. The zero-order valence-electron chi connectivity index (χ0n) is 16.8. The highest BCUT2D eigenvalue weighted by Gasteiger charge is 2.27. The van der Waals surface area contributed by atoms with Crippen LogP contribution in [0, 0.1) is 25.2 Å². The minimum Gasteiger partial charge on any atom is -0.478 e. The first-order valence-electron chi connectivity index (χ1n) is 9.85. The Labute approximate surface area is 184 Å². The summed E-state index contributed by atoms with van der Waals surface area (Å²) in [6.07, 6.45) is 5.77. The van der Waals surface area contributed by atoms with Gasteiger partial charge in [0.2, 0.25) is 0 Å². The molecule has 0 saturated heterocycles. The van der Waals surface area contributed by atoms with E-state index < -0.39 is 5.97 Å². The van der Waals surface area contributed by atoms with Crippen molar-refractivity contribution in [3.05, 3.63) is 73.9 Å². The van der Waals surface area contributed by atoms with E-state index in [0.717, 1.165) is 58.8 Å². The van der Waals surface area contributed by atoms with E-state index in [2.05, 4.69) is 6.07 Å². The maximum Gasteiger partial charge on any atom is 0.339 e. The molecule has 0 saturated carbocycles. The third kappa shape index (κ3) is 3.58. The van der Waals surface area contributed by atoms with Crippen molar-refractivity contribution in [2.24, 2.45) is 0 Å². The first kappa shape index (κ1) is 20.5. The van der Waals surface area contributed by atoms with Crippen LogP contribution < -0.4 is 0 Å². The number of halogens is 1. The lowest BCUT2D eigenvalue weighted by atomic mass is 9.95. The second-order valence-electron chi connectivity index (χ2n) is 7.53. The minimum absolute atomic E-state index is 0.435. The van der Waals surface area contributed by atoms with Crippen molar-refractivity contribution < 1.29 is 9.90 Å². The van der Waals surface area contributed by atoms with Crippen LogP contribution >= 0.6 is 22.9 Å². The molecule has 0 unspecified atom stereocenters. The first-order valence-corrected chi connectivity index (χ1v) is 11.0. The third-order valence-corrected chi connectivity index (χ3v) is 7.14. The number of rotatable bonds is 4. The fraction of sp³-hybridized carbons (Fsp3) is 0.250. The Kier molecular flexibility index (Phi) is 5.55. The maximum atomic E-state index is 12.1. The van der Waals surface area contributed by atoms with Crippen molar-refractivity contribution >= 4 is 40.6 Å². The molecule has 3 aromatic rings. The van der Waals surface area contributed by atoms with Gasteiger partial charge in [-0.2, -0.15) is 5.26 Å². The fourth-order valence-corrected chi connectivity index (χ4v) is 5.76. The molecule has 4 rings (SSSR count). The van der Waals surface area contributed by atoms with E-state index in [1.165, 1.54) is 4.88 Å². The number of hydrogen-bond acceptors (Lipinski definition) is 3. The van der Waals surface area contributed by atoms with Gasteiger partial charge in [0.05, 0.1) is 17.2 Å². The first-order chi connectivity index (χ1) is 14.4. The lowest BCUT2D eigenvalue weighted by Gasteiger charge is -2.11. The van der Waals surface area contributed by atoms with Crippen LogP contribution in [0.4, 0.5) is 0 Å². The van der Waals surface area contributed by atoms with Gasteiger partial charge in [-0.3, -0.25) is 0 Å². The molecule has 1 N–H and O–H groups in total. The van der Waals surface area contributed by atoms with Crippen molar-refractivity contribution in [1.82, 2.24) is 4.57 Å².